The number of aliphatic hydroxyl groups excluding tert-OH is 1. The summed E-state index contributed by atoms with van der Waals surface area (Å²) in [7, 11) is 6.45. The zero-order valence-electron chi connectivity index (χ0n) is 25.8. The second-order valence-corrected chi connectivity index (χ2v) is 11.1. The predicted molar refractivity (Wildman–Crippen MR) is 164 cm³/mol. The van der Waals surface area contributed by atoms with E-state index in [1.165, 1.54) is 51.4 Å². The Morgan fingerprint density at radius 1 is 0.780 bits per heavy atom. The standard InChI is InChI=1S/C34H51NO6/c1-6-7-8-9-10-11-12-13-14-15-18-35-34(37)27-19-25-21-31(40-4)32(41-5)22-26(25)33(28(27)23-36)24-16-17-29(38-2)30(20-24)39-3/h16-17,20-22,27-28,33,36H,6-15,18-19,23H2,1-5H3,(H,35,37)/t27-,28+,33-/m1/s1. The lowest BCUT2D eigenvalue weighted by Crippen LogP contribution is -2.43. The van der Waals surface area contributed by atoms with Crippen molar-refractivity contribution in [3.05, 3.63) is 47.0 Å². The molecule has 7 heteroatoms. The van der Waals surface area contributed by atoms with Crippen LogP contribution < -0.4 is 24.3 Å². The molecule has 228 valence electrons. The lowest BCUT2D eigenvalue weighted by molar-refractivity contribution is -0.127. The first-order chi connectivity index (χ1) is 20.0. The number of rotatable bonds is 18. The van der Waals surface area contributed by atoms with Gasteiger partial charge in [0.05, 0.1) is 28.4 Å². The number of ether oxygens (including phenoxy) is 4. The maximum Gasteiger partial charge on any atom is 0.223 e. The number of carbonyl (C=O) groups is 1. The number of unbranched alkanes of at least 4 members (excludes halogenated alkanes) is 9. The predicted octanol–water partition coefficient (Wildman–Crippen LogP) is 6.67. The number of fused-ring (bicyclic) bond motifs is 1. The van der Waals surface area contributed by atoms with E-state index in [0.717, 1.165) is 29.5 Å². The molecule has 1 amide bonds. The number of hydrogen-bond donors (Lipinski definition) is 2. The van der Waals surface area contributed by atoms with Gasteiger partial charge >= 0.3 is 0 Å². The molecule has 3 rings (SSSR count). The number of hydrogen-bond acceptors (Lipinski definition) is 6. The van der Waals surface area contributed by atoms with Crippen LogP contribution in [0, 0.1) is 11.8 Å². The van der Waals surface area contributed by atoms with Crippen LogP contribution in [0.4, 0.5) is 0 Å². The quantitative estimate of drug-likeness (QED) is 0.195. The van der Waals surface area contributed by atoms with E-state index >= 15 is 0 Å². The normalized spacial score (nSPS) is 18.0. The molecule has 0 fully saturated rings. The van der Waals surface area contributed by atoms with Crippen molar-refractivity contribution in [3.63, 3.8) is 0 Å². The topological polar surface area (TPSA) is 86.3 Å². The summed E-state index contributed by atoms with van der Waals surface area (Å²) in [5, 5.41) is 13.9. The third kappa shape index (κ3) is 8.54. The molecule has 0 saturated heterocycles. The minimum atomic E-state index is -0.383. The summed E-state index contributed by atoms with van der Waals surface area (Å²) in [6.45, 7) is 2.79. The molecule has 3 atom stereocenters. The molecule has 2 N–H and O–H groups in total. The average Bonchev–Trinajstić information content (AvgIpc) is 3.01. The SMILES string of the molecule is CCCCCCCCCCCCNC(=O)[C@@H]1Cc2cc(OC)c(OC)cc2[C@@H](c2ccc(OC)c(OC)c2)[C@H]1CO. The molecule has 0 heterocycles. The molecule has 2 aromatic carbocycles. The Balaban J connectivity index is 1.73. The van der Waals surface area contributed by atoms with Crippen LogP contribution in [0.1, 0.15) is 93.7 Å². The van der Waals surface area contributed by atoms with Gasteiger partial charge in [0.2, 0.25) is 5.91 Å². The molecule has 1 aliphatic carbocycles. The van der Waals surface area contributed by atoms with Gasteiger partial charge in [0.15, 0.2) is 23.0 Å². The van der Waals surface area contributed by atoms with Crippen LogP contribution in [0.5, 0.6) is 23.0 Å². The smallest absolute Gasteiger partial charge is 0.223 e. The monoisotopic (exact) mass is 569 g/mol. The number of nitrogens with one attached hydrogen (secondary N) is 1. The van der Waals surface area contributed by atoms with Crippen LogP contribution in [0.3, 0.4) is 0 Å². The number of amides is 1. The van der Waals surface area contributed by atoms with Gasteiger partial charge in [0.1, 0.15) is 0 Å². The molecule has 1 aliphatic rings. The van der Waals surface area contributed by atoms with E-state index in [4.69, 9.17) is 18.9 Å². The van der Waals surface area contributed by atoms with Crippen LogP contribution in [0.25, 0.3) is 0 Å². The molecule has 0 unspecified atom stereocenters. The van der Waals surface area contributed by atoms with Crippen molar-refractivity contribution < 1.29 is 28.8 Å². The Hall–Kier alpha value is -2.93. The number of benzene rings is 2. The molecule has 7 nitrogen and oxygen atoms in total. The average molecular weight is 570 g/mol. The highest BCUT2D eigenvalue weighted by Gasteiger charge is 2.41. The Morgan fingerprint density at radius 2 is 1.34 bits per heavy atom. The highest BCUT2D eigenvalue weighted by Crippen LogP contribution is 2.48. The Bertz CT molecular complexity index is 1090. The minimum Gasteiger partial charge on any atom is -0.493 e. The van der Waals surface area contributed by atoms with E-state index in [9.17, 15) is 9.90 Å². The van der Waals surface area contributed by atoms with Crippen molar-refractivity contribution in [1.82, 2.24) is 5.32 Å². The molecule has 0 bridgehead atoms. The van der Waals surface area contributed by atoms with Gasteiger partial charge in [-0.05, 0) is 53.8 Å². The second kappa shape index (κ2) is 17.1. The molecule has 41 heavy (non-hydrogen) atoms. The van der Waals surface area contributed by atoms with E-state index in [0.29, 0.717) is 36.0 Å². The first-order valence-electron chi connectivity index (χ1n) is 15.4. The van der Waals surface area contributed by atoms with Gasteiger partial charge in [-0.2, -0.15) is 0 Å². The van der Waals surface area contributed by atoms with Crippen molar-refractivity contribution in [2.45, 2.75) is 83.5 Å². The van der Waals surface area contributed by atoms with Gasteiger partial charge in [-0.3, -0.25) is 4.79 Å². The molecule has 0 radical (unpaired) electrons. The van der Waals surface area contributed by atoms with Crippen molar-refractivity contribution in [2.75, 3.05) is 41.6 Å². The lowest BCUT2D eigenvalue weighted by atomic mass is 9.66. The molecular formula is C34H51NO6. The zero-order chi connectivity index (χ0) is 29.6. The molecule has 2 aromatic rings. The highest BCUT2D eigenvalue weighted by molar-refractivity contribution is 5.80. The summed E-state index contributed by atoms with van der Waals surface area (Å²) in [4.78, 5) is 13.6. The first kappa shape index (κ1) is 32.6. The van der Waals surface area contributed by atoms with Crippen molar-refractivity contribution in [3.8, 4) is 23.0 Å². The summed E-state index contributed by atoms with van der Waals surface area (Å²) in [6, 6.07) is 9.75. The summed E-state index contributed by atoms with van der Waals surface area (Å²) in [6.07, 6.45) is 13.1. The van der Waals surface area contributed by atoms with Gasteiger partial charge in [0, 0.05) is 30.9 Å². The fraction of sp³-hybridized carbons (Fsp3) is 0.618. The largest absolute Gasteiger partial charge is 0.493 e. The summed E-state index contributed by atoms with van der Waals surface area (Å²) in [5.41, 5.74) is 2.99. The van der Waals surface area contributed by atoms with Gasteiger partial charge in [-0.15, -0.1) is 0 Å². The summed E-state index contributed by atoms with van der Waals surface area (Å²) < 4.78 is 22.3. The molecule has 0 aliphatic heterocycles. The molecular weight excluding hydrogens is 518 g/mol. The van der Waals surface area contributed by atoms with Crippen molar-refractivity contribution >= 4 is 5.91 Å². The van der Waals surface area contributed by atoms with E-state index < -0.39 is 0 Å². The van der Waals surface area contributed by atoms with Crippen LogP contribution in [-0.2, 0) is 11.2 Å². The first-order valence-corrected chi connectivity index (χ1v) is 15.4. The maximum absolute atomic E-state index is 13.6. The Kier molecular flexibility index (Phi) is 13.6. The molecule has 0 saturated carbocycles. The zero-order valence-corrected chi connectivity index (χ0v) is 25.8. The van der Waals surface area contributed by atoms with Crippen LogP contribution >= 0.6 is 0 Å². The molecule has 0 aromatic heterocycles. The highest BCUT2D eigenvalue weighted by atomic mass is 16.5. The third-order valence-corrected chi connectivity index (χ3v) is 8.51. The van der Waals surface area contributed by atoms with Gasteiger partial charge in [-0.25, -0.2) is 0 Å². The lowest BCUT2D eigenvalue weighted by Gasteiger charge is -2.39. The van der Waals surface area contributed by atoms with E-state index in [2.05, 4.69) is 12.2 Å². The Labute approximate surface area is 246 Å². The van der Waals surface area contributed by atoms with E-state index in [1.807, 2.05) is 30.3 Å². The van der Waals surface area contributed by atoms with Crippen LogP contribution in [0.15, 0.2) is 30.3 Å². The van der Waals surface area contributed by atoms with E-state index in [-0.39, 0.29) is 30.3 Å². The summed E-state index contributed by atoms with van der Waals surface area (Å²) in [5.74, 6) is 1.55. The molecule has 0 spiro atoms. The van der Waals surface area contributed by atoms with Gasteiger partial charge in [0.25, 0.3) is 0 Å². The van der Waals surface area contributed by atoms with Gasteiger partial charge in [-0.1, -0.05) is 70.8 Å². The minimum absolute atomic E-state index is 0.00844. The Morgan fingerprint density at radius 3 is 1.93 bits per heavy atom. The number of methoxy groups -OCH3 is 4. The fourth-order valence-corrected chi connectivity index (χ4v) is 6.20. The fourth-order valence-electron chi connectivity index (χ4n) is 6.20. The van der Waals surface area contributed by atoms with Gasteiger partial charge < -0.3 is 29.4 Å². The van der Waals surface area contributed by atoms with E-state index in [1.54, 1.807) is 28.4 Å². The van der Waals surface area contributed by atoms with Crippen molar-refractivity contribution in [2.24, 2.45) is 11.8 Å². The third-order valence-electron chi connectivity index (χ3n) is 8.51. The van der Waals surface area contributed by atoms with Crippen LogP contribution in [0.2, 0.25) is 0 Å². The summed E-state index contributed by atoms with van der Waals surface area (Å²) >= 11 is 0. The maximum atomic E-state index is 13.6. The van der Waals surface area contributed by atoms with Crippen LogP contribution in [-0.4, -0.2) is 52.6 Å². The van der Waals surface area contributed by atoms with Crippen molar-refractivity contribution in [1.29, 1.82) is 0 Å². The second-order valence-electron chi connectivity index (χ2n) is 11.1. The number of aliphatic hydroxyl groups is 1. The number of carbonyl (C=O) groups excluding carboxylic acids is 1.